The van der Waals surface area contributed by atoms with Crippen LogP contribution in [0.5, 0.6) is 0 Å². The lowest BCUT2D eigenvalue weighted by Gasteiger charge is -2.31. The Labute approximate surface area is 157 Å². The van der Waals surface area contributed by atoms with Gasteiger partial charge in [0.05, 0.1) is 10.4 Å². The zero-order chi connectivity index (χ0) is 18.5. The van der Waals surface area contributed by atoms with E-state index in [2.05, 4.69) is 5.32 Å². The molecule has 0 saturated heterocycles. The van der Waals surface area contributed by atoms with Crippen LogP contribution in [0, 0.1) is 0 Å². The number of carbonyl (C=O) groups excluding carboxylic acids is 1. The normalized spacial score (nSPS) is 12.2. The van der Waals surface area contributed by atoms with Crippen molar-refractivity contribution >= 4 is 28.3 Å². The van der Waals surface area contributed by atoms with Gasteiger partial charge < -0.3 is 11.1 Å². The van der Waals surface area contributed by atoms with Gasteiger partial charge in [-0.05, 0) is 44.9 Å². The smallest absolute Gasteiger partial charge is 0.251 e. The number of sulfonamides is 1. The first-order valence-corrected chi connectivity index (χ1v) is 9.68. The molecular formula is C17H30ClN3O3S. The van der Waals surface area contributed by atoms with E-state index in [0.717, 1.165) is 0 Å². The number of rotatable bonds is 8. The van der Waals surface area contributed by atoms with Crippen LogP contribution in [0.2, 0.25) is 0 Å². The van der Waals surface area contributed by atoms with Crippen LogP contribution < -0.4 is 11.1 Å². The molecular weight excluding hydrogens is 362 g/mol. The van der Waals surface area contributed by atoms with Crippen LogP contribution in [-0.4, -0.2) is 43.8 Å². The van der Waals surface area contributed by atoms with Gasteiger partial charge in [0.25, 0.3) is 5.91 Å². The van der Waals surface area contributed by atoms with Crippen molar-refractivity contribution in [1.82, 2.24) is 9.62 Å². The summed E-state index contributed by atoms with van der Waals surface area (Å²) in [6, 6.07) is 5.93. The zero-order valence-corrected chi connectivity index (χ0v) is 17.2. The van der Waals surface area contributed by atoms with Crippen LogP contribution in [-0.2, 0) is 10.0 Å². The highest BCUT2D eigenvalue weighted by atomic mass is 35.5. The predicted molar refractivity (Wildman–Crippen MR) is 104 cm³/mol. The number of halogens is 1. The summed E-state index contributed by atoms with van der Waals surface area (Å²) < 4.78 is 26.4. The van der Waals surface area contributed by atoms with Crippen molar-refractivity contribution in [1.29, 1.82) is 0 Å². The molecule has 0 aliphatic rings. The second-order valence-electron chi connectivity index (χ2n) is 6.29. The van der Waals surface area contributed by atoms with Crippen molar-refractivity contribution in [2.75, 3.05) is 13.6 Å². The molecule has 1 amide bonds. The highest BCUT2D eigenvalue weighted by Gasteiger charge is 2.28. The van der Waals surface area contributed by atoms with Crippen molar-refractivity contribution in [2.45, 2.75) is 57.0 Å². The third-order valence-corrected chi connectivity index (χ3v) is 6.65. The molecule has 0 aliphatic heterocycles. The lowest BCUT2D eigenvalue weighted by molar-refractivity contribution is 0.0895. The second-order valence-corrected chi connectivity index (χ2v) is 8.29. The number of nitrogens with zero attached hydrogens (tertiary/aromatic N) is 1. The van der Waals surface area contributed by atoms with Gasteiger partial charge in [0, 0.05) is 25.2 Å². The molecule has 0 heterocycles. The maximum Gasteiger partial charge on any atom is 0.251 e. The summed E-state index contributed by atoms with van der Waals surface area (Å²) in [6.07, 6.45) is 1.42. The molecule has 144 valence electrons. The van der Waals surface area contributed by atoms with Crippen LogP contribution in [0.3, 0.4) is 0 Å². The Hall–Kier alpha value is -1.15. The third-order valence-electron chi connectivity index (χ3n) is 4.62. The zero-order valence-electron chi connectivity index (χ0n) is 15.6. The van der Waals surface area contributed by atoms with Gasteiger partial charge in [-0.2, -0.15) is 4.31 Å². The van der Waals surface area contributed by atoms with Crippen molar-refractivity contribution < 1.29 is 13.2 Å². The molecule has 1 rings (SSSR count). The van der Waals surface area contributed by atoms with Crippen molar-refractivity contribution in [2.24, 2.45) is 5.73 Å². The minimum Gasteiger partial charge on any atom is -0.345 e. The second kappa shape index (κ2) is 9.52. The van der Waals surface area contributed by atoms with Gasteiger partial charge >= 0.3 is 0 Å². The number of amides is 1. The average molecular weight is 392 g/mol. The summed E-state index contributed by atoms with van der Waals surface area (Å²) in [4.78, 5) is 12.7. The highest BCUT2D eigenvalue weighted by molar-refractivity contribution is 7.89. The fourth-order valence-corrected chi connectivity index (χ4v) is 3.74. The van der Waals surface area contributed by atoms with E-state index >= 15 is 0 Å². The lowest BCUT2D eigenvalue weighted by Crippen LogP contribution is -2.52. The number of hydrogen-bond acceptors (Lipinski definition) is 4. The van der Waals surface area contributed by atoms with Crippen LogP contribution in [0.1, 0.15) is 50.9 Å². The quantitative estimate of drug-likeness (QED) is 0.711. The fourth-order valence-electron chi connectivity index (χ4n) is 2.32. The van der Waals surface area contributed by atoms with Crippen LogP contribution in [0.25, 0.3) is 0 Å². The molecule has 0 aliphatic carbocycles. The maximum absolute atomic E-state index is 12.6. The van der Waals surface area contributed by atoms with Crippen molar-refractivity contribution in [3.63, 3.8) is 0 Å². The van der Waals surface area contributed by atoms with Gasteiger partial charge in [0.15, 0.2) is 0 Å². The van der Waals surface area contributed by atoms with E-state index < -0.39 is 15.6 Å². The molecule has 25 heavy (non-hydrogen) atoms. The number of carbonyl (C=O) groups is 1. The molecule has 0 saturated carbocycles. The van der Waals surface area contributed by atoms with Gasteiger partial charge in [0.2, 0.25) is 10.0 Å². The molecule has 0 spiro atoms. The van der Waals surface area contributed by atoms with Gasteiger partial charge in [-0.15, -0.1) is 12.4 Å². The number of nitrogens with one attached hydrogen (secondary N) is 1. The van der Waals surface area contributed by atoms with E-state index in [4.69, 9.17) is 5.73 Å². The molecule has 1 aromatic carbocycles. The molecule has 8 heteroatoms. The highest BCUT2D eigenvalue weighted by Crippen LogP contribution is 2.19. The fraction of sp³-hybridized carbons (Fsp3) is 0.588. The van der Waals surface area contributed by atoms with E-state index in [9.17, 15) is 13.2 Å². The first-order valence-electron chi connectivity index (χ1n) is 8.24. The first kappa shape index (κ1) is 23.9. The minimum atomic E-state index is -3.63. The van der Waals surface area contributed by atoms with E-state index in [1.54, 1.807) is 26.0 Å². The molecule has 0 fully saturated rings. The van der Waals surface area contributed by atoms with E-state index in [-0.39, 0.29) is 29.3 Å². The number of nitrogens with two attached hydrogens (primary N) is 1. The van der Waals surface area contributed by atoms with Crippen molar-refractivity contribution in [3.8, 4) is 0 Å². The van der Waals surface area contributed by atoms with Gasteiger partial charge in [-0.25, -0.2) is 8.42 Å². The largest absolute Gasteiger partial charge is 0.345 e. The Morgan fingerprint density at radius 1 is 1.28 bits per heavy atom. The Balaban J connectivity index is 0.00000576. The van der Waals surface area contributed by atoms with Crippen LogP contribution >= 0.6 is 12.4 Å². The lowest BCUT2D eigenvalue weighted by atomic mass is 9.92. The van der Waals surface area contributed by atoms with Crippen molar-refractivity contribution in [3.05, 3.63) is 29.8 Å². The van der Waals surface area contributed by atoms with Crippen LogP contribution in [0.4, 0.5) is 0 Å². The van der Waals surface area contributed by atoms with E-state index in [0.29, 0.717) is 24.9 Å². The monoisotopic (exact) mass is 391 g/mol. The predicted octanol–water partition coefficient (Wildman–Crippen LogP) is 2.38. The molecule has 0 atom stereocenters. The maximum atomic E-state index is 12.6. The van der Waals surface area contributed by atoms with Gasteiger partial charge in [-0.3, -0.25) is 4.79 Å². The first-order chi connectivity index (χ1) is 11.1. The summed E-state index contributed by atoms with van der Waals surface area (Å²) in [5.74, 6) is -0.312. The molecule has 0 radical (unpaired) electrons. The minimum absolute atomic E-state index is 0. The molecule has 6 nitrogen and oxygen atoms in total. The SMILES string of the molecule is CCC(CC)(CN)NC(=O)c1cccc(S(=O)(=O)N(C)C(C)C)c1.Cl. The summed E-state index contributed by atoms with van der Waals surface area (Å²) in [6.45, 7) is 7.86. The summed E-state index contributed by atoms with van der Waals surface area (Å²) >= 11 is 0. The molecule has 0 aromatic heterocycles. The Kier molecular flexibility index (Phi) is 9.08. The summed E-state index contributed by atoms with van der Waals surface area (Å²) in [5.41, 5.74) is 5.65. The molecule has 0 bridgehead atoms. The Morgan fingerprint density at radius 3 is 2.28 bits per heavy atom. The molecule has 1 aromatic rings. The Bertz CT molecular complexity index is 665. The number of hydrogen-bond donors (Lipinski definition) is 2. The van der Waals surface area contributed by atoms with E-state index in [1.165, 1.54) is 23.5 Å². The molecule has 3 N–H and O–H groups in total. The standard InChI is InChI=1S/C17H29N3O3S.ClH/c1-6-17(7-2,12-18)19-16(21)14-9-8-10-15(11-14)24(22,23)20(5)13(3)4;/h8-11,13H,6-7,12,18H2,1-5H3,(H,19,21);1H. The summed E-state index contributed by atoms with van der Waals surface area (Å²) in [5, 5.41) is 2.95. The topological polar surface area (TPSA) is 92.5 Å². The van der Waals surface area contributed by atoms with Crippen LogP contribution in [0.15, 0.2) is 29.2 Å². The molecule has 0 unspecified atom stereocenters. The third kappa shape index (κ3) is 5.41. The van der Waals surface area contributed by atoms with Gasteiger partial charge in [0.1, 0.15) is 0 Å². The number of benzene rings is 1. The van der Waals surface area contributed by atoms with Gasteiger partial charge in [-0.1, -0.05) is 19.9 Å². The van der Waals surface area contributed by atoms with E-state index in [1.807, 2.05) is 13.8 Å². The average Bonchev–Trinajstić information content (AvgIpc) is 2.58. The summed E-state index contributed by atoms with van der Waals surface area (Å²) in [7, 11) is -2.10. The Morgan fingerprint density at radius 2 is 1.84 bits per heavy atom.